The third kappa shape index (κ3) is 2.73. The molecule has 0 atom stereocenters. The second-order valence-corrected chi connectivity index (χ2v) is 4.50. The Morgan fingerprint density at radius 1 is 1.22 bits per heavy atom. The highest BCUT2D eigenvalue weighted by Crippen LogP contribution is 2.23. The summed E-state index contributed by atoms with van der Waals surface area (Å²) in [5, 5.41) is 18.8. The fourth-order valence-electron chi connectivity index (χ4n) is 2.16. The average molecular weight is 251 g/mol. The van der Waals surface area contributed by atoms with Gasteiger partial charge in [0.1, 0.15) is 11.5 Å². The molecular formula is C13H17NO4. The molecule has 1 fully saturated rings. The van der Waals surface area contributed by atoms with E-state index in [-0.39, 0.29) is 23.4 Å². The van der Waals surface area contributed by atoms with E-state index in [2.05, 4.69) is 0 Å². The van der Waals surface area contributed by atoms with Gasteiger partial charge < -0.3 is 19.8 Å². The average Bonchev–Trinajstić information content (AvgIpc) is 2.37. The SMILES string of the molecule is CN(C(=O)c1cc(O)cc(O)c1)C1CCOCC1. The summed E-state index contributed by atoms with van der Waals surface area (Å²) in [6.45, 7) is 1.32. The van der Waals surface area contributed by atoms with Crippen LogP contribution >= 0.6 is 0 Å². The molecule has 1 heterocycles. The molecule has 1 aliphatic rings. The van der Waals surface area contributed by atoms with Crippen LogP contribution in [0.1, 0.15) is 23.2 Å². The first-order valence-corrected chi connectivity index (χ1v) is 5.96. The van der Waals surface area contributed by atoms with E-state index in [1.807, 2.05) is 0 Å². The van der Waals surface area contributed by atoms with Crippen molar-refractivity contribution < 1.29 is 19.7 Å². The van der Waals surface area contributed by atoms with Gasteiger partial charge in [-0.25, -0.2) is 0 Å². The molecule has 0 bridgehead atoms. The van der Waals surface area contributed by atoms with Crippen molar-refractivity contribution in [2.75, 3.05) is 20.3 Å². The Kier molecular flexibility index (Phi) is 3.72. The zero-order chi connectivity index (χ0) is 13.1. The molecule has 1 aromatic carbocycles. The zero-order valence-corrected chi connectivity index (χ0v) is 10.3. The van der Waals surface area contributed by atoms with Gasteiger partial charge in [0.25, 0.3) is 5.91 Å². The Bertz CT molecular complexity index is 420. The second-order valence-electron chi connectivity index (χ2n) is 4.50. The molecule has 1 aromatic rings. The van der Waals surface area contributed by atoms with Crippen molar-refractivity contribution in [3.8, 4) is 11.5 Å². The quantitative estimate of drug-likeness (QED) is 0.832. The normalized spacial score (nSPS) is 16.5. The van der Waals surface area contributed by atoms with Crippen molar-refractivity contribution in [1.29, 1.82) is 0 Å². The second kappa shape index (κ2) is 5.27. The lowest BCUT2D eigenvalue weighted by Gasteiger charge is -2.31. The summed E-state index contributed by atoms with van der Waals surface area (Å²) in [6.07, 6.45) is 1.63. The topological polar surface area (TPSA) is 70.0 Å². The number of hydrogen-bond acceptors (Lipinski definition) is 4. The van der Waals surface area contributed by atoms with Gasteiger partial charge >= 0.3 is 0 Å². The molecule has 5 nitrogen and oxygen atoms in total. The minimum atomic E-state index is -0.201. The van der Waals surface area contributed by atoms with Gasteiger partial charge in [0.15, 0.2) is 0 Å². The number of carbonyl (C=O) groups is 1. The highest BCUT2D eigenvalue weighted by Gasteiger charge is 2.23. The van der Waals surface area contributed by atoms with Crippen LogP contribution in [0.3, 0.4) is 0 Å². The van der Waals surface area contributed by atoms with Crippen LogP contribution in [0.2, 0.25) is 0 Å². The number of phenols is 2. The van der Waals surface area contributed by atoms with E-state index < -0.39 is 0 Å². The van der Waals surface area contributed by atoms with Crippen LogP contribution in [0, 0.1) is 0 Å². The number of ether oxygens (including phenoxy) is 1. The van der Waals surface area contributed by atoms with E-state index >= 15 is 0 Å². The van der Waals surface area contributed by atoms with Gasteiger partial charge in [-0.3, -0.25) is 4.79 Å². The molecule has 0 aromatic heterocycles. The molecular weight excluding hydrogens is 234 g/mol. The number of phenolic OH excluding ortho intramolecular Hbond substituents is 2. The molecule has 0 saturated carbocycles. The van der Waals surface area contributed by atoms with Crippen molar-refractivity contribution >= 4 is 5.91 Å². The Labute approximate surface area is 106 Å². The maximum Gasteiger partial charge on any atom is 0.254 e. The van der Waals surface area contributed by atoms with E-state index in [1.165, 1.54) is 18.2 Å². The Morgan fingerprint density at radius 2 is 1.78 bits per heavy atom. The molecule has 18 heavy (non-hydrogen) atoms. The number of benzene rings is 1. The van der Waals surface area contributed by atoms with Crippen LogP contribution < -0.4 is 0 Å². The van der Waals surface area contributed by atoms with Gasteiger partial charge in [-0.2, -0.15) is 0 Å². The summed E-state index contributed by atoms with van der Waals surface area (Å²) in [5.74, 6) is -0.425. The first kappa shape index (κ1) is 12.7. The highest BCUT2D eigenvalue weighted by molar-refractivity contribution is 5.95. The minimum Gasteiger partial charge on any atom is -0.508 e. The first-order chi connectivity index (χ1) is 8.58. The molecule has 1 saturated heterocycles. The van der Waals surface area contributed by atoms with Gasteiger partial charge in [-0.05, 0) is 25.0 Å². The summed E-state index contributed by atoms with van der Waals surface area (Å²) in [7, 11) is 1.74. The third-order valence-corrected chi connectivity index (χ3v) is 3.21. The van der Waals surface area contributed by atoms with E-state index in [0.717, 1.165) is 12.8 Å². The number of aromatic hydroxyl groups is 2. The van der Waals surface area contributed by atoms with Crippen LogP contribution in [0.25, 0.3) is 0 Å². The van der Waals surface area contributed by atoms with Crippen LogP contribution in [-0.4, -0.2) is 47.3 Å². The maximum absolute atomic E-state index is 12.2. The van der Waals surface area contributed by atoms with Gasteiger partial charge in [-0.1, -0.05) is 0 Å². The lowest BCUT2D eigenvalue weighted by Crippen LogP contribution is -2.40. The fraction of sp³-hybridized carbons (Fsp3) is 0.462. The first-order valence-electron chi connectivity index (χ1n) is 5.96. The van der Waals surface area contributed by atoms with Crippen molar-refractivity contribution in [3.05, 3.63) is 23.8 Å². The van der Waals surface area contributed by atoms with Crippen molar-refractivity contribution in [2.24, 2.45) is 0 Å². The van der Waals surface area contributed by atoms with Crippen LogP contribution in [0.5, 0.6) is 11.5 Å². The predicted molar refractivity (Wildman–Crippen MR) is 65.7 cm³/mol. The Morgan fingerprint density at radius 3 is 2.33 bits per heavy atom. The molecule has 1 aliphatic heterocycles. The molecule has 0 aliphatic carbocycles. The summed E-state index contributed by atoms with van der Waals surface area (Å²) >= 11 is 0. The monoisotopic (exact) mass is 251 g/mol. The minimum absolute atomic E-state index is 0.112. The molecule has 2 N–H and O–H groups in total. The highest BCUT2D eigenvalue weighted by atomic mass is 16.5. The van der Waals surface area contributed by atoms with Crippen LogP contribution in [0.4, 0.5) is 0 Å². The largest absolute Gasteiger partial charge is 0.508 e. The number of hydrogen-bond donors (Lipinski definition) is 2. The van der Waals surface area contributed by atoms with Crippen molar-refractivity contribution in [3.63, 3.8) is 0 Å². The lowest BCUT2D eigenvalue weighted by molar-refractivity contribution is 0.0361. The molecule has 0 radical (unpaired) electrons. The summed E-state index contributed by atoms with van der Waals surface area (Å²) in [4.78, 5) is 13.9. The van der Waals surface area contributed by atoms with E-state index in [4.69, 9.17) is 4.74 Å². The summed E-state index contributed by atoms with van der Waals surface area (Å²) < 4.78 is 5.26. The van der Waals surface area contributed by atoms with E-state index in [1.54, 1.807) is 11.9 Å². The third-order valence-electron chi connectivity index (χ3n) is 3.21. The smallest absolute Gasteiger partial charge is 0.254 e. The van der Waals surface area contributed by atoms with Gasteiger partial charge in [0.05, 0.1) is 0 Å². The molecule has 1 amide bonds. The van der Waals surface area contributed by atoms with Gasteiger partial charge in [-0.15, -0.1) is 0 Å². The number of amides is 1. The fourth-order valence-corrected chi connectivity index (χ4v) is 2.16. The predicted octanol–water partition coefficient (Wildman–Crippen LogP) is 1.35. The van der Waals surface area contributed by atoms with Crippen LogP contribution in [0.15, 0.2) is 18.2 Å². The molecule has 2 rings (SSSR count). The summed E-state index contributed by atoms with van der Waals surface area (Å²) in [5.41, 5.74) is 0.293. The number of carbonyl (C=O) groups excluding carboxylic acids is 1. The molecule has 98 valence electrons. The standard InChI is InChI=1S/C13H17NO4/c1-14(10-2-4-18-5-3-10)13(17)9-6-11(15)8-12(16)7-9/h6-8,10,15-16H,2-5H2,1H3. The summed E-state index contributed by atoms with van der Waals surface area (Å²) in [6, 6.07) is 4.07. The molecule has 5 heteroatoms. The lowest BCUT2D eigenvalue weighted by atomic mass is 10.1. The van der Waals surface area contributed by atoms with Gasteiger partial charge in [0.2, 0.25) is 0 Å². The van der Waals surface area contributed by atoms with Crippen LogP contribution in [-0.2, 0) is 4.74 Å². The maximum atomic E-state index is 12.2. The Balaban J connectivity index is 2.14. The van der Waals surface area contributed by atoms with E-state index in [9.17, 15) is 15.0 Å². The van der Waals surface area contributed by atoms with Crippen molar-refractivity contribution in [1.82, 2.24) is 4.90 Å². The molecule has 0 spiro atoms. The van der Waals surface area contributed by atoms with Gasteiger partial charge in [0, 0.05) is 37.9 Å². The number of rotatable bonds is 2. The Hall–Kier alpha value is -1.75. The number of nitrogens with zero attached hydrogens (tertiary/aromatic N) is 1. The van der Waals surface area contributed by atoms with Crippen molar-refractivity contribution in [2.45, 2.75) is 18.9 Å². The zero-order valence-electron chi connectivity index (χ0n) is 10.3. The molecule has 0 unspecified atom stereocenters. The van der Waals surface area contributed by atoms with E-state index in [0.29, 0.717) is 18.8 Å².